The quantitative estimate of drug-likeness (QED) is 0.686. The van der Waals surface area contributed by atoms with Crippen molar-refractivity contribution in [1.29, 1.82) is 0 Å². The summed E-state index contributed by atoms with van der Waals surface area (Å²) in [6.45, 7) is 2.01. The van der Waals surface area contributed by atoms with Crippen molar-refractivity contribution in [2.45, 2.75) is 25.2 Å². The van der Waals surface area contributed by atoms with Crippen molar-refractivity contribution in [3.8, 4) is 0 Å². The fourth-order valence-corrected chi connectivity index (χ4v) is 1.32. The number of halogens is 1. The number of hydrogen-bond acceptors (Lipinski definition) is 2. The number of anilines is 1. The summed E-state index contributed by atoms with van der Waals surface area (Å²) in [5, 5.41) is 4.06. The predicted molar refractivity (Wildman–Crippen MR) is 44.2 cm³/mol. The van der Waals surface area contributed by atoms with Gasteiger partial charge in [0.05, 0.1) is 0 Å². The minimum Gasteiger partial charge on any atom is -0.381 e. The van der Waals surface area contributed by atoms with Crippen LogP contribution in [0.15, 0.2) is 0 Å². The van der Waals surface area contributed by atoms with Gasteiger partial charge in [-0.05, 0) is 12.8 Å². The molecule has 66 valence electrons. The topological polar surface area (TPSA) is 43.8 Å². The standard InChI is InChI=1S/C8H12FN3/c1-8(3-4-8)6-5(9)7(10)12(2)11-6/h3-4,10H2,1-2H3. The minimum atomic E-state index is -0.336. The Labute approximate surface area is 70.4 Å². The first-order chi connectivity index (χ1) is 5.54. The van der Waals surface area contributed by atoms with Crippen LogP contribution in [-0.2, 0) is 12.5 Å². The van der Waals surface area contributed by atoms with Crippen LogP contribution >= 0.6 is 0 Å². The summed E-state index contributed by atoms with van der Waals surface area (Å²) in [6, 6.07) is 0. The molecule has 0 bridgehead atoms. The van der Waals surface area contributed by atoms with E-state index in [2.05, 4.69) is 5.10 Å². The van der Waals surface area contributed by atoms with Gasteiger partial charge in [-0.3, -0.25) is 4.68 Å². The Balaban J connectivity index is 2.51. The lowest BCUT2D eigenvalue weighted by atomic mass is 10.1. The van der Waals surface area contributed by atoms with Gasteiger partial charge in [0.15, 0.2) is 11.6 Å². The Morgan fingerprint density at radius 2 is 2.17 bits per heavy atom. The number of aryl methyl sites for hydroxylation is 1. The summed E-state index contributed by atoms with van der Waals surface area (Å²) >= 11 is 0. The van der Waals surface area contributed by atoms with Crippen LogP contribution in [0, 0.1) is 5.82 Å². The van der Waals surface area contributed by atoms with Crippen LogP contribution in [0.4, 0.5) is 10.2 Å². The van der Waals surface area contributed by atoms with Gasteiger partial charge < -0.3 is 5.73 Å². The summed E-state index contributed by atoms with van der Waals surface area (Å²) in [6.07, 6.45) is 2.03. The van der Waals surface area contributed by atoms with Gasteiger partial charge in [-0.25, -0.2) is 4.39 Å². The van der Waals surface area contributed by atoms with E-state index in [9.17, 15) is 4.39 Å². The fourth-order valence-electron chi connectivity index (χ4n) is 1.32. The zero-order valence-electron chi connectivity index (χ0n) is 7.26. The Hall–Kier alpha value is -1.06. The maximum atomic E-state index is 13.4. The molecule has 0 radical (unpaired) electrons. The molecule has 1 aliphatic rings. The van der Waals surface area contributed by atoms with Gasteiger partial charge in [0.2, 0.25) is 0 Å². The molecule has 1 aromatic rings. The van der Waals surface area contributed by atoms with Crippen molar-refractivity contribution in [2.24, 2.45) is 7.05 Å². The van der Waals surface area contributed by atoms with Gasteiger partial charge >= 0.3 is 0 Å². The van der Waals surface area contributed by atoms with E-state index in [0.717, 1.165) is 12.8 Å². The van der Waals surface area contributed by atoms with Crippen LogP contribution in [0.1, 0.15) is 25.5 Å². The molecule has 0 saturated heterocycles. The Kier molecular flexibility index (Phi) is 1.26. The summed E-state index contributed by atoms with van der Waals surface area (Å²) < 4.78 is 14.7. The van der Waals surface area contributed by atoms with Crippen molar-refractivity contribution in [3.63, 3.8) is 0 Å². The number of nitrogens with zero attached hydrogens (tertiary/aromatic N) is 2. The number of nitrogen functional groups attached to an aromatic ring is 1. The van der Waals surface area contributed by atoms with E-state index in [1.165, 1.54) is 4.68 Å². The molecular weight excluding hydrogens is 157 g/mol. The average molecular weight is 169 g/mol. The van der Waals surface area contributed by atoms with Gasteiger partial charge in [-0.1, -0.05) is 6.92 Å². The summed E-state index contributed by atoms with van der Waals surface area (Å²) in [5.41, 5.74) is 5.94. The molecule has 0 atom stereocenters. The Morgan fingerprint density at radius 1 is 1.58 bits per heavy atom. The van der Waals surface area contributed by atoms with Crippen LogP contribution in [0.25, 0.3) is 0 Å². The molecule has 1 saturated carbocycles. The second kappa shape index (κ2) is 2.00. The summed E-state index contributed by atoms with van der Waals surface area (Å²) in [5.74, 6) is -0.198. The molecule has 1 aliphatic carbocycles. The van der Waals surface area contributed by atoms with Gasteiger partial charge in [0.25, 0.3) is 0 Å². The monoisotopic (exact) mass is 169 g/mol. The highest BCUT2D eigenvalue weighted by Gasteiger charge is 2.44. The van der Waals surface area contributed by atoms with Crippen molar-refractivity contribution in [1.82, 2.24) is 9.78 Å². The zero-order chi connectivity index (χ0) is 8.93. The van der Waals surface area contributed by atoms with Crippen molar-refractivity contribution >= 4 is 5.82 Å². The van der Waals surface area contributed by atoms with Crippen molar-refractivity contribution in [3.05, 3.63) is 11.5 Å². The smallest absolute Gasteiger partial charge is 0.188 e. The highest BCUT2D eigenvalue weighted by atomic mass is 19.1. The molecule has 0 amide bonds. The summed E-state index contributed by atoms with van der Waals surface area (Å²) in [4.78, 5) is 0. The third-order valence-electron chi connectivity index (χ3n) is 2.60. The van der Waals surface area contributed by atoms with Crippen LogP contribution in [-0.4, -0.2) is 9.78 Å². The molecule has 2 rings (SSSR count). The number of aromatic nitrogens is 2. The number of hydrogen-bond donors (Lipinski definition) is 1. The molecule has 0 unspecified atom stereocenters. The van der Waals surface area contributed by atoms with Gasteiger partial charge in [-0.15, -0.1) is 0 Å². The molecule has 0 spiro atoms. The maximum absolute atomic E-state index is 13.4. The molecule has 1 heterocycles. The van der Waals surface area contributed by atoms with Crippen molar-refractivity contribution < 1.29 is 4.39 Å². The second-order valence-corrected chi connectivity index (χ2v) is 3.73. The molecule has 12 heavy (non-hydrogen) atoms. The van der Waals surface area contributed by atoms with Gasteiger partial charge in [0, 0.05) is 12.5 Å². The fraction of sp³-hybridized carbons (Fsp3) is 0.625. The Morgan fingerprint density at radius 3 is 2.50 bits per heavy atom. The first kappa shape index (κ1) is 7.58. The van der Waals surface area contributed by atoms with E-state index in [1.54, 1.807) is 7.05 Å². The highest BCUT2D eigenvalue weighted by Crippen LogP contribution is 2.48. The van der Waals surface area contributed by atoms with E-state index in [-0.39, 0.29) is 17.1 Å². The van der Waals surface area contributed by atoms with E-state index < -0.39 is 0 Å². The molecule has 0 aliphatic heterocycles. The van der Waals surface area contributed by atoms with E-state index in [1.807, 2.05) is 6.92 Å². The van der Waals surface area contributed by atoms with E-state index in [0.29, 0.717) is 5.69 Å². The lowest BCUT2D eigenvalue weighted by molar-refractivity contribution is 0.585. The molecule has 3 nitrogen and oxygen atoms in total. The normalized spacial score (nSPS) is 19.6. The average Bonchev–Trinajstić information content (AvgIpc) is 2.71. The van der Waals surface area contributed by atoms with Crippen LogP contribution in [0.2, 0.25) is 0 Å². The van der Waals surface area contributed by atoms with Gasteiger partial charge in [0.1, 0.15) is 5.69 Å². The molecule has 4 heteroatoms. The first-order valence-electron chi connectivity index (χ1n) is 4.03. The first-order valence-corrected chi connectivity index (χ1v) is 4.03. The second-order valence-electron chi connectivity index (χ2n) is 3.73. The maximum Gasteiger partial charge on any atom is 0.188 e. The van der Waals surface area contributed by atoms with E-state index in [4.69, 9.17) is 5.73 Å². The van der Waals surface area contributed by atoms with Crippen LogP contribution < -0.4 is 5.73 Å². The predicted octanol–water partition coefficient (Wildman–Crippen LogP) is 1.19. The molecule has 0 aromatic carbocycles. The van der Waals surface area contributed by atoms with Crippen molar-refractivity contribution in [2.75, 3.05) is 5.73 Å². The zero-order valence-corrected chi connectivity index (χ0v) is 7.26. The largest absolute Gasteiger partial charge is 0.381 e. The lowest BCUT2D eigenvalue weighted by Gasteiger charge is -2.01. The SMILES string of the molecule is Cn1nc(C2(C)CC2)c(F)c1N. The van der Waals surface area contributed by atoms with Crippen LogP contribution in [0.5, 0.6) is 0 Å². The summed E-state index contributed by atoms with van der Waals surface area (Å²) in [7, 11) is 1.66. The third-order valence-corrected chi connectivity index (χ3v) is 2.60. The third kappa shape index (κ3) is 0.838. The van der Waals surface area contributed by atoms with Crippen LogP contribution in [0.3, 0.4) is 0 Å². The lowest BCUT2D eigenvalue weighted by Crippen LogP contribution is -2.03. The highest BCUT2D eigenvalue weighted by molar-refractivity contribution is 5.38. The molecule has 2 N–H and O–H groups in total. The molecule has 1 fully saturated rings. The number of rotatable bonds is 1. The van der Waals surface area contributed by atoms with Gasteiger partial charge in [-0.2, -0.15) is 5.10 Å². The molecule has 1 aromatic heterocycles. The van der Waals surface area contributed by atoms with E-state index >= 15 is 0 Å². The Bertz CT molecular complexity index is 325. The number of nitrogens with two attached hydrogens (primary N) is 1. The minimum absolute atomic E-state index is 0.0422. The molecular formula is C8H12FN3.